The highest BCUT2D eigenvalue weighted by Gasteiger charge is 2.26. The Balaban J connectivity index is 2.53. The number of ether oxygens (including phenoxy) is 1. The van der Waals surface area contributed by atoms with Crippen molar-refractivity contribution in [3.05, 3.63) is 11.9 Å². The van der Waals surface area contributed by atoms with Gasteiger partial charge in [-0.05, 0) is 6.42 Å². The SMILES string of the molecule is COCCC(C)(C)C1=CN(C)NN1. The standard InChI is InChI=1S/C9H19N3O/c1-9(2,5-6-13-4)8-7-12(3)11-10-8/h7,10-11H,5-6H2,1-4H3. The van der Waals surface area contributed by atoms with Crippen molar-refractivity contribution >= 4 is 0 Å². The number of nitrogens with one attached hydrogen (secondary N) is 2. The number of hydrogen-bond acceptors (Lipinski definition) is 4. The highest BCUT2D eigenvalue weighted by molar-refractivity contribution is 5.11. The summed E-state index contributed by atoms with van der Waals surface area (Å²) in [5, 5.41) is 1.91. The lowest BCUT2D eigenvalue weighted by Crippen LogP contribution is -2.36. The van der Waals surface area contributed by atoms with Crippen molar-refractivity contribution in [3.63, 3.8) is 0 Å². The van der Waals surface area contributed by atoms with Crippen LogP contribution in [0.3, 0.4) is 0 Å². The van der Waals surface area contributed by atoms with Crippen LogP contribution in [0, 0.1) is 5.41 Å². The summed E-state index contributed by atoms with van der Waals surface area (Å²) in [6, 6.07) is 0. The van der Waals surface area contributed by atoms with E-state index < -0.39 is 0 Å². The van der Waals surface area contributed by atoms with Gasteiger partial charge in [-0.1, -0.05) is 13.8 Å². The summed E-state index contributed by atoms with van der Waals surface area (Å²) in [6.45, 7) is 5.19. The molecule has 0 aromatic heterocycles. The van der Waals surface area contributed by atoms with Crippen molar-refractivity contribution in [1.29, 1.82) is 0 Å². The van der Waals surface area contributed by atoms with Gasteiger partial charge in [-0.2, -0.15) is 0 Å². The van der Waals surface area contributed by atoms with E-state index in [0.717, 1.165) is 13.0 Å². The second-order valence-electron chi connectivity index (χ2n) is 4.02. The van der Waals surface area contributed by atoms with E-state index in [0.29, 0.717) is 0 Å². The Hall–Kier alpha value is -0.740. The first kappa shape index (κ1) is 10.3. The summed E-state index contributed by atoms with van der Waals surface area (Å²) in [7, 11) is 3.70. The average Bonchev–Trinajstić information content (AvgIpc) is 2.49. The van der Waals surface area contributed by atoms with E-state index in [4.69, 9.17) is 4.74 Å². The zero-order valence-electron chi connectivity index (χ0n) is 8.85. The number of hydrazine groups is 2. The van der Waals surface area contributed by atoms with E-state index >= 15 is 0 Å². The molecule has 13 heavy (non-hydrogen) atoms. The number of allylic oxidation sites excluding steroid dienone is 1. The highest BCUT2D eigenvalue weighted by Crippen LogP contribution is 2.29. The van der Waals surface area contributed by atoms with Gasteiger partial charge >= 0.3 is 0 Å². The third kappa shape index (κ3) is 2.60. The van der Waals surface area contributed by atoms with Crippen LogP contribution in [0.1, 0.15) is 20.3 Å². The van der Waals surface area contributed by atoms with Gasteiger partial charge in [-0.3, -0.25) is 5.01 Å². The molecular weight excluding hydrogens is 166 g/mol. The quantitative estimate of drug-likeness (QED) is 0.680. The average molecular weight is 185 g/mol. The largest absolute Gasteiger partial charge is 0.385 e. The minimum atomic E-state index is 0.133. The molecule has 0 bridgehead atoms. The third-order valence-electron chi connectivity index (χ3n) is 2.35. The molecule has 0 saturated heterocycles. The van der Waals surface area contributed by atoms with E-state index in [1.165, 1.54) is 5.70 Å². The number of nitrogens with zero attached hydrogens (tertiary/aromatic N) is 1. The molecule has 0 aliphatic carbocycles. The first-order chi connectivity index (χ1) is 6.06. The van der Waals surface area contributed by atoms with Crippen molar-refractivity contribution in [3.8, 4) is 0 Å². The van der Waals surface area contributed by atoms with Crippen LogP contribution in [0.25, 0.3) is 0 Å². The molecule has 4 nitrogen and oxygen atoms in total. The van der Waals surface area contributed by atoms with Crippen molar-refractivity contribution in [2.24, 2.45) is 5.41 Å². The molecular formula is C9H19N3O. The number of hydrogen-bond donors (Lipinski definition) is 2. The van der Waals surface area contributed by atoms with Gasteiger partial charge in [0.1, 0.15) is 0 Å². The molecule has 1 heterocycles. The molecule has 0 saturated carbocycles. The molecule has 1 aliphatic rings. The van der Waals surface area contributed by atoms with E-state index in [9.17, 15) is 0 Å². The van der Waals surface area contributed by atoms with Gasteiger partial charge in [0.2, 0.25) is 0 Å². The maximum absolute atomic E-state index is 5.08. The molecule has 1 aliphatic heterocycles. The Morgan fingerprint density at radius 3 is 2.69 bits per heavy atom. The fourth-order valence-electron chi connectivity index (χ4n) is 1.24. The molecule has 4 heteroatoms. The van der Waals surface area contributed by atoms with Crippen LogP contribution in [0.2, 0.25) is 0 Å². The maximum atomic E-state index is 5.08. The Morgan fingerprint density at radius 1 is 1.54 bits per heavy atom. The van der Waals surface area contributed by atoms with Gasteiger partial charge in [-0.25, -0.2) is 0 Å². The van der Waals surface area contributed by atoms with Crippen molar-refractivity contribution < 1.29 is 4.74 Å². The normalized spacial score (nSPS) is 17.2. The molecule has 0 amide bonds. The van der Waals surface area contributed by atoms with Crippen LogP contribution < -0.4 is 11.0 Å². The molecule has 0 atom stereocenters. The molecule has 1 rings (SSSR count). The fourth-order valence-corrected chi connectivity index (χ4v) is 1.24. The van der Waals surface area contributed by atoms with Crippen molar-refractivity contribution in [1.82, 2.24) is 16.0 Å². The number of methoxy groups -OCH3 is 1. The minimum Gasteiger partial charge on any atom is -0.385 e. The van der Waals surface area contributed by atoms with Crippen LogP contribution in [0.15, 0.2) is 11.9 Å². The van der Waals surface area contributed by atoms with E-state index in [2.05, 4.69) is 31.0 Å². The molecule has 0 spiro atoms. The van der Waals surface area contributed by atoms with Gasteiger partial charge in [0, 0.05) is 32.4 Å². The summed E-state index contributed by atoms with van der Waals surface area (Å²) in [5.74, 6) is 0. The molecule has 0 unspecified atom stereocenters. The van der Waals surface area contributed by atoms with Crippen LogP contribution in [0.5, 0.6) is 0 Å². The summed E-state index contributed by atoms with van der Waals surface area (Å²) < 4.78 is 5.08. The van der Waals surface area contributed by atoms with Gasteiger partial charge in [0.25, 0.3) is 0 Å². The first-order valence-corrected chi connectivity index (χ1v) is 4.52. The minimum absolute atomic E-state index is 0.133. The van der Waals surface area contributed by atoms with E-state index in [1.54, 1.807) is 7.11 Å². The van der Waals surface area contributed by atoms with Crippen LogP contribution in [0.4, 0.5) is 0 Å². The summed E-state index contributed by atoms with van der Waals surface area (Å²) in [6.07, 6.45) is 3.08. The topological polar surface area (TPSA) is 36.5 Å². The van der Waals surface area contributed by atoms with E-state index in [1.807, 2.05) is 12.1 Å². The molecule has 0 radical (unpaired) electrons. The molecule has 0 fully saturated rings. The maximum Gasteiger partial charge on any atom is 0.0510 e. The van der Waals surface area contributed by atoms with Gasteiger partial charge < -0.3 is 10.2 Å². The zero-order valence-corrected chi connectivity index (χ0v) is 8.85. The lowest BCUT2D eigenvalue weighted by molar-refractivity contribution is 0.162. The Kier molecular flexibility index (Phi) is 3.17. The fraction of sp³-hybridized carbons (Fsp3) is 0.778. The third-order valence-corrected chi connectivity index (χ3v) is 2.35. The smallest absolute Gasteiger partial charge is 0.0510 e. The second-order valence-corrected chi connectivity index (χ2v) is 4.02. The Morgan fingerprint density at radius 2 is 2.23 bits per heavy atom. The monoisotopic (exact) mass is 185 g/mol. The molecule has 0 aromatic carbocycles. The summed E-state index contributed by atoms with van der Waals surface area (Å²) in [4.78, 5) is 0. The predicted octanol–water partition coefficient (Wildman–Crippen LogP) is 0.845. The van der Waals surface area contributed by atoms with Crippen molar-refractivity contribution in [2.45, 2.75) is 20.3 Å². The van der Waals surface area contributed by atoms with Crippen molar-refractivity contribution in [2.75, 3.05) is 20.8 Å². The van der Waals surface area contributed by atoms with Gasteiger partial charge in [-0.15, -0.1) is 5.53 Å². The Bertz CT molecular complexity index is 201. The lowest BCUT2D eigenvalue weighted by Gasteiger charge is -2.24. The van der Waals surface area contributed by atoms with E-state index in [-0.39, 0.29) is 5.41 Å². The van der Waals surface area contributed by atoms with Gasteiger partial charge in [0.05, 0.1) is 5.70 Å². The van der Waals surface area contributed by atoms with Crippen LogP contribution in [-0.2, 0) is 4.74 Å². The summed E-state index contributed by atoms with van der Waals surface area (Å²) >= 11 is 0. The molecule has 2 N–H and O–H groups in total. The predicted molar refractivity (Wildman–Crippen MR) is 52.4 cm³/mol. The van der Waals surface area contributed by atoms with Crippen LogP contribution in [-0.4, -0.2) is 25.8 Å². The second kappa shape index (κ2) is 3.98. The highest BCUT2D eigenvalue weighted by atomic mass is 16.5. The Labute approximate surface area is 79.9 Å². The first-order valence-electron chi connectivity index (χ1n) is 4.52. The lowest BCUT2D eigenvalue weighted by atomic mass is 9.86. The van der Waals surface area contributed by atoms with Gasteiger partial charge in [0.15, 0.2) is 0 Å². The number of rotatable bonds is 4. The summed E-state index contributed by atoms with van der Waals surface area (Å²) in [5.41, 5.74) is 7.47. The molecule has 0 aromatic rings. The zero-order chi connectivity index (χ0) is 9.90. The van der Waals surface area contributed by atoms with Crippen LogP contribution >= 0.6 is 0 Å². The molecule has 76 valence electrons.